The summed E-state index contributed by atoms with van der Waals surface area (Å²) in [5, 5.41) is 7.54. The molecule has 0 aliphatic rings. The van der Waals surface area contributed by atoms with Crippen molar-refractivity contribution in [3.63, 3.8) is 0 Å². The molecule has 2 N–H and O–H groups in total. The third kappa shape index (κ3) is 3.66. The smallest absolute Gasteiger partial charge is 0.274 e. The molecule has 1 unspecified atom stereocenters. The molecule has 0 spiro atoms. The minimum Gasteiger partial charge on any atom is -0.382 e. The predicted molar refractivity (Wildman–Crippen MR) is 71.2 cm³/mol. The van der Waals surface area contributed by atoms with Crippen LogP contribution in [0.1, 0.15) is 24.3 Å². The van der Waals surface area contributed by atoms with Gasteiger partial charge in [0, 0.05) is 19.1 Å². The van der Waals surface area contributed by atoms with Crippen LogP contribution in [0.2, 0.25) is 0 Å². The minimum atomic E-state index is -0.112. The first-order valence-corrected chi connectivity index (χ1v) is 6.00. The van der Waals surface area contributed by atoms with E-state index in [0.29, 0.717) is 18.1 Å². The van der Waals surface area contributed by atoms with Crippen molar-refractivity contribution in [3.05, 3.63) is 17.8 Å². The number of hydrogen-bond acceptors (Lipinski definition) is 5. The molecule has 1 aromatic rings. The number of nitrogen functional groups attached to an aromatic ring is 1. The number of nitrogens with zero attached hydrogens (tertiary/aromatic N) is 4. The quantitative estimate of drug-likeness (QED) is 0.823. The standard InChI is InChI=1S/C12H21N5O/c1-5-17(9(2)8-16(3)4)12(18)10-6-7-11(13)15-14-10/h6-7,9H,5,8H2,1-4H3,(H2,13,15). The molecule has 18 heavy (non-hydrogen) atoms. The van der Waals surface area contributed by atoms with Gasteiger partial charge in [0.1, 0.15) is 5.82 Å². The van der Waals surface area contributed by atoms with Crippen molar-refractivity contribution in [1.29, 1.82) is 0 Å². The topological polar surface area (TPSA) is 75.3 Å². The van der Waals surface area contributed by atoms with E-state index in [9.17, 15) is 4.79 Å². The van der Waals surface area contributed by atoms with Crippen LogP contribution >= 0.6 is 0 Å². The summed E-state index contributed by atoms with van der Waals surface area (Å²) >= 11 is 0. The number of likely N-dealkylation sites (N-methyl/N-ethyl adjacent to an activating group) is 2. The Labute approximate surface area is 108 Å². The molecule has 0 saturated heterocycles. The molecule has 1 rings (SSSR count). The van der Waals surface area contributed by atoms with Crippen LogP contribution < -0.4 is 5.73 Å². The monoisotopic (exact) mass is 251 g/mol. The molecule has 0 radical (unpaired) electrons. The summed E-state index contributed by atoms with van der Waals surface area (Å²) in [5.74, 6) is 0.204. The fraction of sp³-hybridized carbons (Fsp3) is 0.583. The molecule has 0 saturated carbocycles. The van der Waals surface area contributed by atoms with Gasteiger partial charge in [-0.1, -0.05) is 0 Å². The molecular formula is C12H21N5O. The molecule has 1 atom stereocenters. The lowest BCUT2D eigenvalue weighted by molar-refractivity contribution is 0.0672. The maximum Gasteiger partial charge on any atom is 0.274 e. The molecule has 0 fully saturated rings. The van der Waals surface area contributed by atoms with E-state index in [2.05, 4.69) is 15.1 Å². The maximum absolute atomic E-state index is 12.3. The highest BCUT2D eigenvalue weighted by Gasteiger charge is 2.21. The zero-order chi connectivity index (χ0) is 13.7. The van der Waals surface area contributed by atoms with Crippen molar-refractivity contribution < 1.29 is 4.79 Å². The number of carbonyl (C=O) groups is 1. The Morgan fingerprint density at radius 2 is 2.06 bits per heavy atom. The fourth-order valence-electron chi connectivity index (χ4n) is 1.89. The number of amides is 1. The fourth-order valence-corrected chi connectivity index (χ4v) is 1.89. The normalized spacial score (nSPS) is 12.5. The average Bonchev–Trinajstić information content (AvgIpc) is 2.29. The van der Waals surface area contributed by atoms with Crippen molar-refractivity contribution in [2.45, 2.75) is 19.9 Å². The number of aromatic nitrogens is 2. The summed E-state index contributed by atoms with van der Waals surface area (Å²) in [6.45, 7) is 5.42. The van der Waals surface area contributed by atoms with E-state index in [1.54, 1.807) is 17.0 Å². The highest BCUT2D eigenvalue weighted by Crippen LogP contribution is 2.07. The van der Waals surface area contributed by atoms with Gasteiger partial charge in [-0.3, -0.25) is 4.79 Å². The lowest BCUT2D eigenvalue weighted by atomic mass is 10.2. The largest absolute Gasteiger partial charge is 0.382 e. The Morgan fingerprint density at radius 3 is 2.50 bits per heavy atom. The Kier molecular flexibility index (Phi) is 5.03. The lowest BCUT2D eigenvalue weighted by Gasteiger charge is -2.29. The molecule has 0 aliphatic carbocycles. The molecule has 100 valence electrons. The van der Waals surface area contributed by atoms with Crippen molar-refractivity contribution in [1.82, 2.24) is 20.0 Å². The summed E-state index contributed by atoms with van der Waals surface area (Å²) in [4.78, 5) is 16.1. The Morgan fingerprint density at radius 1 is 1.39 bits per heavy atom. The third-order valence-electron chi connectivity index (χ3n) is 2.67. The van der Waals surface area contributed by atoms with Gasteiger partial charge in [-0.15, -0.1) is 10.2 Å². The second-order valence-corrected chi connectivity index (χ2v) is 4.55. The van der Waals surface area contributed by atoms with Gasteiger partial charge in [0.25, 0.3) is 5.91 Å². The van der Waals surface area contributed by atoms with E-state index >= 15 is 0 Å². The highest BCUT2D eigenvalue weighted by molar-refractivity contribution is 5.92. The van der Waals surface area contributed by atoms with Gasteiger partial charge < -0.3 is 15.5 Å². The minimum absolute atomic E-state index is 0.112. The Bertz CT molecular complexity index is 390. The van der Waals surface area contributed by atoms with E-state index in [0.717, 1.165) is 6.54 Å². The average molecular weight is 251 g/mol. The van der Waals surface area contributed by atoms with E-state index in [4.69, 9.17) is 5.73 Å². The molecule has 1 heterocycles. The molecule has 1 aromatic heterocycles. The maximum atomic E-state index is 12.3. The van der Waals surface area contributed by atoms with Crippen LogP contribution in [0.4, 0.5) is 5.82 Å². The van der Waals surface area contributed by atoms with E-state index in [-0.39, 0.29) is 11.9 Å². The van der Waals surface area contributed by atoms with Crippen LogP contribution in [0.25, 0.3) is 0 Å². The van der Waals surface area contributed by atoms with Gasteiger partial charge in [0.15, 0.2) is 5.69 Å². The van der Waals surface area contributed by atoms with Gasteiger partial charge in [-0.25, -0.2) is 0 Å². The SMILES string of the molecule is CCN(C(=O)c1ccc(N)nn1)C(C)CN(C)C. The van der Waals surface area contributed by atoms with Gasteiger partial charge in [-0.05, 0) is 40.1 Å². The summed E-state index contributed by atoms with van der Waals surface area (Å²) in [7, 11) is 3.97. The second-order valence-electron chi connectivity index (χ2n) is 4.55. The third-order valence-corrected chi connectivity index (χ3v) is 2.67. The van der Waals surface area contributed by atoms with Crippen LogP contribution in [0.5, 0.6) is 0 Å². The summed E-state index contributed by atoms with van der Waals surface area (Å²) in [6.07, 6.45) is 0. The van der Waals surface area contributed by atoms with E-state index < -0.39 is 0 Å². The Hall–Kier alpha value is -1.69. The van der Waals surface area contributed by atoms with Crippen molar-refractivity contribution in [2.24, 2.45) is 0 Å². The van der Waals surface area contributed by atoms with Crippen LogP contribution in [-0.2, 0) is 0 Å². The summed E-state index contributed by atoms with van der Waals surface area (Å²) < 4.78 is 0. The first kappa shape index (κ1) is 14.4. The molecule has 0 aromatic carbocycles. The van der Waals surface area contributed by atoms with Crippen LogP contribution in [0, 0.1) is 0 Å². The molecular weight excluding hydrogens is 230 g/mol. The number of anilines is 1. The first-order chi connectivity index (χ1) is 8.45. The number of nitrogens with two attached hydrogens (primary N) is 1. The molecule has 6 nitrogen and oxygen atoms in total. The van der Waals surface area contributed by atoms with Crippen molar-refractivity contribution in [2.75, 3.05) is 32.9 Å². The lowest BCUT2D eigenvalue weighted by Crippen LogP contribution is -2.44. The first-order valence-electron chi connectivity index (χ1n) is 6.00. The van der Waals surface area contributed by atoms with Crippen molar-refractivity contribution in [3.8, 4) is 0 Å². The van der Waals surface area contributed by atoms with Gasteiger partial charge in [-0.2, -0.15) is 0 Å². The van der Waals surface area contributed by atoms with Crippen LogP contribution in [0.15, 0.2) is 12.1 Å². The summed E-state index contributed by atoms with van der Waals surface area (Å²) in [5.41, 5.74) is 5.79. The zero-order valence-electron chi connectivity index (χ0n) is 11.4. The predicted octanol–water partition coefficient (Wildman–Crippen LogP) is 0.471. The zero-order valence-corrected chi connectivity index (χ0v) is 11.4. The Balaban J connectivity index is 2.81. The number of hydrogen-bond donors (Lipinski definition) is 1. The van der Waals surface area contributed by atoms with Crippen LogP contribution in [0.3, 0.4) is 0 Å². The number of rotatable bonds is 5. The summed E-state index contributed by atoms with van der Waals surface area (Å²) in [6, 6.07) is 3.32. The molecule has 1 amide bonds. The van der Waals surface area contributed by atoms with E-state index in [1.807, 2.05) is 27.9 Å². The second kappa shape index (κ2) is 6.30. The molecule has 0 aliphatic heterocycles. The molecule has 6 heteroatoms. The van der Waals surface area contributed by atoms with Gasteiger partial charge in [0.05, 0.1) is 0 Å². The number of carbonyl (C=O) groups excluding carboxylic acids is 1. The van der Waals surface area contributed by atoms with Crippen molar-refractivity contribution >= 4 is 11.7 Å². The van der Waals surface area contributed by atoms with Gasteiger partial charge in [0.2, 0.25) is 0 Å². The van der Waals surface area contributed by atoms with Crippen LogP contribution in [-0.4, -0.2) is 59.1 Å². The molecule has 0 bridgehead atoms. The highest BCUT2D eigenvalue weighted by atomic mass is 16.2. The van der Waals surface area contributed by atoms with E-state index in [1.165, 1.54) is 0 Å². The van der Waals surface area contributed by atoms with Gasteiger partial charge >= 0.3 is 0 Å².